The molecular weight excluding hydrogens is 260 g/mol. The number of unbranched alkanes of at least 4 members (excludes halogenated alkanes) is 1. The molecule has 0 fully saturated rings. The fourth-order valence-corrected chi connectivity index (χ4v) is 2.05. The highest BCUT2D eigenvalue weighted by molar-refractivity contribution is 7.52. The Balaban J connectivity index is 5.06. The van der Waals surface area contributed by atoms with Gasteiger partial charge in [0.05, 0.1) is 0 Å². The Hall–Kier alpha value is -0.390. The van der Waals surface area contributed by atoms with Gasteiger partial charge in [0.15, 0.2) is 5.78 Å². The molecule has 0 bridgehead atoms. The van der Waals surface area contributed by atoms with Gasteiger partial charge in [-0.2, -0.15) is 13.2 Å². The Morgan fingerprint density at radius 2 is 1.76 bits per heavy atom. The zero-order valence-corrected chi connectivity index (χ0v) is 10.5. The van der Waals surface area contributed by atoms with E-state index in [0.717, 1.165) is 0 Å². The van der Waals surface area contributed by atoms with Crippen LogP contribution in [0.4, 0.5) is 13.2 Å². The van der Waals surface area contributed by atoms with Gasteiger partial charge in [-0.3, -0.25) is 9.36 Å². The van der Waals surface area contributed by atoms with Gasteiger partial charge in [-0.15, -0.1) is 0 Å². The first-order valence-corrected chi connectivity index (χ1v) is 6.88. The third-order valence-electron chi connectivity index (χ3n) is 2.62. The van der Waals surface area contributed by atoms with Crippen LogP contribution in [0.2, 0.25) is 0 Å². The average Bonchev–Trinajstić information content (AvgIpc) is 2.09. The van der Waals surface area contributed by atoms with Crippen molar-refractivity contribution >= 4 is 13.4 Å². The molecule has 0 aromatic rings. The lowest BCUT2D eigenvalue weighted by Gasteiger charge is -2.30. The lowest BCUT2D eigenvalue weighted by molar-refractivity contribution is -0.216. The smallest absolute Gasteiger partial charge is 0.324 e. The highest BCUT2D eigenvalue weighted by atomic mass is 31.2. The van der Waals surface area contributed by atoms with Crippen LogP contribution in [0.15, 0.2) is 0 Å². The summed E-state index contributed by atoms with van der Waals surface area (Å²) >= 11 is 0. The number of rotatable bonds is 6. The fraction of sp³-hybridized carbons (Fsp3) is 0.889. The van der Waals surface area contributed by atoms with Crippen molar-refractivity contribution in [2.45, 2.75) is 39.3 Å². The van der Waals surface area contributed by atoms with Gasteiger partial charge in [0.1, 0.15) is 11.6 Å². The summed E-state index contributed by atoms with van der Waals surface area (Å²) in [6.45, 7) is 2.37. The number of hydrogen-bond donors (Lipinski definition) is 2. The van der Waals surface area contributed by atoms with Crippen molar-refractivity contribution in [1.29, 1.82) is 0 Å². The molecular formula is C9H16F3O4P. The Morgan fingerprint density at radius 3 is 2.06 bits per heavy atom. The lowest BCUT2D eigenvalue weighted by atomic mass is 9.80. The molecule has 0 saturated carbocycles. The van der Waals surface area contributed by atoms with E-state index in [1.165, 1.54) is 0 Å². The zero-order chi connectivity index (χ0) is 13.9. The Bertz CT molecular complexity index is 323. The van der Waals surface area contributed by atoms with Gasteiger partial charge >= 0.3 is 13.8 Å². The monoisotopic (exact) mass is 276 g/mol. The first-order chi connectivity index (χ1) is 7.44. The Kier molecular flexibility index (Phi) is 5.38. The standard InChI is InChI=1S/C9H16F3O4P/c1-3-4-5-8(2,9(10,11)12)7(13)6-17(14,15)16/h3-6H2,1-2H3,(H2,14,15,16). The van der Waals surface area contributed by atoms with Crippen molar-refractivity contribution in [3.8, 4) is 0 Å². The van der Waals surface area contributed by atoms with Crippen LogP contribution in [0.3, 0.4) is 0 Å². The van der Waals surface area contributed by atoms with E-state index in [1.807, 2.05) is 0 Å². The molecule has 0 aliphatic carbocycles. The summed E-state index contributed by atoms with van der Waals surface area (Å²) in [5.74, 6) is -1.45. The van der Waals surface area contributed by atoms with E-state index in [1.54, 1.807) is 6.92 Å². The van der Waals surface area contributed by atoms with Crippen LogP contribution in [0.25, 0.3) is 0 Å². The number of alkyl halides is 3. The second-order valence-electron chi connectivity index (χ2n) is 4.18. The van der Waals surface area contributed by atoms with Gasteiger partial charge in [-0.05, 0) is 13.3 Å². The van der Waals surface area contributed by atoms with Crippen molar-refractivity contribution in [3.63, 3.8) is 0 Å². The van der Waals surface area contributed by atoms with Crippen molar-refractivity contribution in [2.75, 3.05) is 6.16 Å². The average molecular weight is 276 g/mol. The van der Waals surface area contributed by atoms with Crippen molar-refractivity contribution in [2.24, 2.45) is 5.41 Å². The van der Waals surface area contributed by atoms with Crippen LogP contribution in [-0.4, -0.2) is 27.9 Å². The van der Waals surface area contributed by atoms with Crippen molar-refractivity contribution in [3.05, 3.63) is 0 Å². The molecule has 2 N–H and O–H groups in total. The third kappa shape index (κ3) is 4.77. The second kappa shape index (κ2) is 5.50. The molecule has 0 aromatic carbocycles. The highest BCUT2D eigenvalue weighted by Crippen LogP contribution is 2.46. The van der Waals surface area contributed by atoms with Gasteiger partial charge in [0.25, 0.3) is 0 Å². The summed E-state index contributed by atoms with van der Waals surface area (Å²) in [4.78, 5) is 28.6. The molecule has 0 heterocycles. The minimum absolute atomic E-state index is 0.170. The molecule has 0 radical (unpaired) electrons. The second-order valence-corrected chi connectivity index (χ2v) is 5.82. The number of hydrogen-bond acceptors (Lipinski definition) is 2. The van der Waals surface area contributed by atoms with Gasteiger partial charge in [0.2, 0.25) is 0 Å². The van der Waals surface area contributed by atoms with Gasteiger partial charge < -0.3 is 9.79 Å². The van der Waals surface area contributed by atoms with Crippen LogP contribution in [-0.2, 0) is 9.36 Å². The van der Waals surface area contributed by atoms with Crippen LogP contribution < -0.4 is 0 Å². The highest BCUT2D eigenvalue weighted by Gasteiger charge is 2.56. The maximum absolute atomic E-state index is 12.8. The largest absolute Gasteiger partial charge is 0.401 e. The SMILES string of the molecule is CCCCC(C)(C(=O)CP(=O)(O)O)C(F)(F)F. The molecule has 0 spiro atoms. The van der Waals surface area contributed by atoms with Crippen molar-refractivity contribution < 1.29 is 32.3 Å². The Morgan fingerprint density at radius 1 is 1.29 bits per heavy atom. The topological polar surface area (TPSA) is 74.6 Å². The first-order valence-electron chi connectivity index (χ1n) is 5.08. The molecule has 0 saturated heterocycles. The van der Waals surface area contributed by atoms with E-state index in [2.05, 4.69) is 0 Å². The van der Waals surface area contributed by atoms with Gasteiger partial charge in [-0.1, -0.05) is 19.8 Å². The Labute approximate surface area is 97.4 Å². The lowest BCUT2D eigenvalue weighted by Crippen LogP contribution is -2.43. The van der Waals surface area contributed by atoms with E-state index in [-0.39, 0.29) is 6.42 Å². The van der Waals surface area contributed by atoms with Crippen LogP contribution in [0.5, 0.6) is 0 Å². The predicted molar refractivity (Wildman–Crippen MR) is 55.6 cm³/mol. The molecule has 0 rings (SSSR count). The fourth-order valence-electron chi connectivity index (χ4n) is 1.33. The number of Topliss-reactive ketones (excluding diaryl/α,β-unsaturated/α-hetero) is 1. The summed E-state index contributed by atoms with van der Waals surface area (Å²) in [6.07, 6.45) is -5.98. The summed E-state index contributed by atoms with van der Waals surface area (Å²) in [6, 6.07) is 0. The molecule has 0 aliphatic heterocycles. The predicted octanol–water partition coefficient (Wildman–Crippen LogP) is 2.49. The third-order valence-corrected chi connectivity index (χ3v) is 3.32. The van der Waals surface area contributed by atoms with Crippen molar-refractivity contribution in [1.82, 2.24) is 0 Å². The van der Waals surface area contributed by atoms with Crippen LogP contribution in [0, 0.1) is 5.41 Å². The summed E-state index contributed by atoms with van der Waals surface area (Å²) in [5.41, 5.74) is -2.68. The van der Waals surface area contributed by atoms with Crippen LogP contribution >= 0.6 is 7.60 Å². The van der Waals surface area contributed by atoms with E-state index in [4.69, 9.17) is 9.79 Å². The molecule has 0 amide bonds. The van der Waals surface area contributed by atoms with E-state index in [9.17, 15) is 22.5 Å². The quantitative estimate of drug-likeness (QED) is 0.731. The number of carbonyl (C=O) groups excluding carboxylic acids is 1. The molecule has 1 unspecified atom stereocenters. The minimum Gasteiger partial charge on any atom is -0.324 e. The maximum Gasteiger partial charge on any atom is 0.401 e. The summed E-state index contributed by atoms with van der Waals surface area (Å²) < 4.78 is 48.9. The zero-order valence-electron chi connectivity index (χ0n) is 9.62. The molecule has 1 atom stereocenters. The summed E-state index contributed by atoms with van der Waals surface area (Å²) in [7, 11) is -4.77. The first kappa shape index (κ1) is 16.6. The van der Waals surface area contributed by atoms with Gasteiger partial charge in [-0.25, -0.2) is 0 Å². The van der Waals surface area contributed by atoms with E-state index in [0.29, 0.717) is 13.3 Å². The minimum atomic E-state index is -4.80. The molecule has 0 aromatic heterocycles. The molecule has 4 nitrogen and oxygen atoms in total. The van der Waals surface area contributed by atoms with Crippen LogP contribution in [0.1, 0.15) is 33.1 Å². The molecule has 0 aliphatic rings. The maximum atomic E-state index is 12.8. The van der Waals surface area contributed by atoms with Gasteiger partial charge in [0, 0.05) is 0 Å². The molecule has 17 heavy (non-hydrogen) atoms. The summed E-state index contributed by atoms with van der Waals surface area (Å²) in [5, 5.41) is 0. The number of ketones is 1. The number of halogens is 3. The molecule has 102 valence electrons. The van der Waals surface area contributed by atoms with E-state index < -0.39 is 37.6 Å². The normalized spacial score (nSPS) is 16.6. The van der Waals surface area contributed by atoms with E-state index >= 15 is 0 Å². The molecule has 8 heteroatoms. The number of carbonyl (C=O) groups is 1.